The van der Waals surface area contributed by atoms with E-state index in [2.05, 4.69) is 36.1 Å². The van der Waals surface area contributed by atoms with Gasteiger partial charge in [0, 0.05) is 24.4 Å². The van der Waals surface area contributed by atoms with Crippen LogP contribution >= 0.6 is 11.3 Å². The van der Waals surface area contributed by atoms with Gasteiger partial charge in [0.1, 0.15) is 16.4 Å². The van der Waals surface area contributed by atoms with Crippen LogP contribution in [0.1, 0.15) is 46.0 Å². The summed E-state index contributed by atoms with van der Waals surface area (Å²) in [6.45, 7) is 7.68. The SMILES string of the molecule is Cc1ccccc1CN1CCCC(O)(c2nc(C)c(CCOc3ccccc3)s2)CC1. The van der Waals surface area contributed by atoms with Gasteiger partial charge in [-0.1, -0.05) is 42.5 Å². The van der Waals surface area contributed by atoms with Crippen LogP contribution in [0.4, 0.5) is 0 Å². The first-order chi connectivity index (χ1) is 15.0. The molecule has 0 saturated carbocycles. The summed E-state index contributed by atoms with van der Waals surface area (Å²) in [7, 11) is 0. The quantitative estimate of drug-likeness (QED) is 0.549. The van der Waals surface area contributed by atoms with Gasteiger partial charge >= 0.3 is 0 Å². The summed E-state index contributed by atoms with van der Waals surface area (Å²) in [4.78, 5) is 8.47. The first-order valence-corrected chi connectivity index (χ1v) is 12.0. The van der Waals surface area contributed by atoms with Crippen molar-refractivity contribution in [3.8, 4) is 5.75 Å². The lowest BCUT2D eigenvalue weighted by molar-refractivity contribution is 0.0207. The lowest BCUT2D eigenvalue weighted by Gasteiger charge is -2.25. The molecule has 5 heteroatoms. The first kappa shape index (κ1) is 22.0. The number of hydrogen-bond acceptors (Lipinski definition) is 5. The van der Waals surface area contributed by atoms with Gasteiger partial charge in [0.2, 0.25) is 0 Å². The van der Waals surface area contributed by atoms with E-state index in [1.807, 2.05) is 37.3 Å². The van der Waals surface area contributed by atoms with Gasteiger partial charge < -0.3 is 9.84 Å². The zero-order valence-corrected chi connectivity index (χ0v) is 19.3. The van der Waals surface area contributed by atoms with Gasteiger partial charge in [0.05, 0.1) is 12.3 Å². The van der Waals surface area contributed by atoms with Crippen LogP contribution in [-0.2, 0) is 18.6 Å². The van der Waals surface area contributed by atoms with Crippen molar-refractivity contribution in [2.75, 3.05) is 19.7 Å². The second-order valence-electron chi connectivity index (χ2n) is 8.53. The molecule has 1 saturated heterocycles. The molecule has 2 aromatic carbocycles. The predicted molar refractivity (Wildman–Crippen MR) is 127 cm³/mol. The fourth-order valence-corrected chi connectivity index (χ4v) is 5.40. The smallest absolute Gasteiger partial charge is 0.125 e. The Hall–Kier alpha value is -2.21. The second kappa shape index (κ2) is 9.94. The predicted octanol–water partition coefficient (Wildman–Crippen LogP) is 5.26. The summed E-state index contributed by atoms with van der Waals surface area (Å²) in [5.74, 6) is 0.890. The molecular weight excluding hydrogens is 404 g/mol. The Morgan fingerprint density at radius 3 is 2.61 bits per heavy atom. The van der Waals surface area contributed by atoms with Crippen molar-refractivity contribution in [2.45, 2.75) is 51.7 Å². The number of aliphatic hydroxyl groups is 1. The van der Waals surface area contributed by atoms with E-state index >= 15 is 0 Å². The maximum atomic E-state index is 11.5. The van der Waals surface area contributed by atoms with Gasteiger partial charge in [-0.05, 0) is 62.9 Å². The van der Waals surface area contributed by atoms with Crippen molar-refractivity contribution >= 4 is 11.3 Å². The lowest BCUT2D eigenvalue weighted by Crippen LogP contribution is -2.29. The van der Waals surface area contributed by atoms with E-state index < -0.39 is 5.60 Å². The van der Waals surface area contributed by atoms with E-state index in [9.17, 15) is 5.11 Å². The molecule has 4 nitrogen and oxygen atoms in total. The highest BCUT2D eigenvalue weighted by molar-refractivity contribution is 7.11. The van der Waals surface area contributed by atoms with Gasteiger partial charge in [-0.3, -0.25) is 4.90 Å². The molecule has 4 rings (SSSR count). The largest absolute Gasteiger partial charge is 0.493 e. The molecule has 1 N–H and O–H groups in total. The number of rotatable bonds is 7. The molecular formula is C26H32N2O2S. The highest BCUT2D eigenvalue weighted by Gasteiger charge is 2.35. The van der Waals surface area contributed by atoms with E-state index in [4.69, 9.17) is 9.72 Å². The molecule has 0 aliphatic carbocycles. The third-order valence-electron chi connectivity index (χ3n) is 6.19. The Morgan fingerprint density at radius 1 is 1.03 bits per heavy atom. The monoisotopic (exact) mass is 436 g/mol. The van der Waals surface area contributed by atoms with Gasteiger partial charge in [-0.25, -0.2) is 4.98 Å². The summed E-state index contributed by atoms with van der Waals surface area (Å²) < 4.78 is 5.85. The molecule has 0 spiro atoms. The zero-order chi connectivity index (χ0) is 21.7. The maximum Gasteiger partial charge on any atom is 0.125 e. The summed E-state index contributed by atoms with van der Waals surface area (Å²) in [5.41, 5.74) is 2.90. The van der Waals surface area contributed by atoms with E-state index in [0.29, 0.717) is 6.61 Å². The summed E-state index contributed by atoms with van der Waals surface area (Å²) in [5, 5.41) is 12.4. The minimum absolute atomic E-state index is 0.620. The number of thiazole rings is 1. The first-order valence-electron chi connectivity index (χ1n) is 11.2. The van der Waals surface area contributed by atoms with Crippen LogP contribution in [-0.4, -0.2) is 34.7 Å². The highest BCUT2D eigenvalue weighted by Crippen LogP contribution is 2.37. The van der Waals surface area contributed by atoms with Crippen molar-refractivity contribution in [1.82, 2.24) is 9.88 Å². The van der Waals surface area contributed by atoms with Crippen molar-refractivity contribution in [3.63, 3.8) is 0 Å². The van der Waals surface area contributed by atoms with Crippen LogP contribution in [0, 0.1) is 13.8 Å². The molecule has 0 amide bonds. The number of hydrogen-bond donors (Lipinski definition) is 1. The molecule has 2 heterocycles. The molecule has 1 aliphatic heterocycles. The Balaban J connectivity index is 1.37. The lowest BCUT2D eigenvalue weighted by atomic mass is 9.96. The van der Waals surface area contributed by atoms with Gasteiger partial charge in [0.15, 0.2) is 0 Å². The summed E-state index contributed by atoms with van der Waals surface area (Å²) >= 11 is 1.66. The fourth-order valence-electron chi connectivity index (χ4n) is 4.21. The van der Waals surface area contributed by atoms with Crippen LogP contribution in [0.2, 0.25) is 0 Å². The molecule has 1 aromatic heterocycles. The number of ether oxygens (including phenoxy) is 1. The number of aryl methyl sites for hydroxylation is 2. The highest BCUT2D eigenvalue weighted by atomic mass is 32.1. The number of aromatic nitrogens is 1. The third-order valence-corrected chi connectivity index (χ3v) is 7.60. The van der Waals surface area contributed by atoms with Crippen molar-refractivity contribution in [3.05, 3.63) is 81.3 Å². The Bertz CT molecular complexity index is 988. The molecule has 0 bridgehead atoms. The van der Waals surface area contributed by atoms with Crippen LogP contribution in [0.5, 0.6) is 5.75 Å². The molecule has 0 radical (unpaired) electrons. The van der Waals surface area contributed by atoms with E-state index in [-0.39, 0.29) is 0 Å². The molecule has 1 fully saturated rings. The Labute approximate surface area is 189 Å². The average Bonchev–Trinajstić information content (AvgIpc) is 3.04. The molecule has 164 valence electrons. The van der Waals surface area contributed by atoms with Crippen LogP contribution in [0.15, 0.2) is 54.6 Å². The van der Waals surface area contributed by atoms with Crippen LogP contribution in [0.3, 0.4) is 0 Å². The normalized spacial score (nSPS) is 19.8. The van der Waals surface area contributed by atoms with Crippen molar-refractivity contribution in [2.24, 2.45) is 0 Å². The Kier molecular flexibility index (Phi) is 7.06. The average molecular weight is 437 g/mol. The molecule has 3 aromatic rings. The number of para-hydroxylation sites is 1. The fraction of sp³-hybridized carbons (Fsp3) is 0.423. The molecule has 31 heavy (non-hydrogen) atoms. The number of likely N-dealkylation sites (tertiary alicyclic amines) is 1. The minimum Gasteiger partial charge on any atom is -0.493 e. The molecule has 1 atom stereocenters. The number of benzene rings is 2. The second-order valence-corrected chi connectivity index (χ2v) is 9.61. The zero-order valence-electron chi connectivity index (χ0n) is 18.5. The molecule has 1 unspecified atom stereocenters. The van der Waals surface area contributed by atoms with E-state index in [0.717, 1.165) is 61.8 Å². The Morgan fingerprint density at radius 2 is 1.81 bits per heavy atom. The summed E-state index contributed by atoms with van der Waals surface area (Å²) in [6, 6.07) is 18.5. The minimum atomic E-state index is -0.825. The van der Waals surface area contributed by atoms with E-state index in [1.54, 1.807) is 11.3 Å². The molecule has 1 aliphatic rings. The maximum absolute atomic E-state index is 11.5. The number of nitrogens with zero attached hydrogens (tertiary/aromatic N) is 2. The summed E-state index contributed by atoms with van der Waals surface area (Å²) in [6.07, 6.45) is 3.29. The topological polar surface area (TPSA) is 45.6 Å². The standard InChI is InChI=1S/C26H32N2O2S/c1-20-9-6-7-10-22(20)19-28-16-8-14-26(29,15-17-28)25-27-21(2)24(31-25)13-18-30-23-11-4-3-5-12-23/h3-7,9-12,29H,8,13-19H2,1-2H3. The van der Waals surface area contributed by atoms with Crippen molar-refractivity contribution < 1.29 is 9.84 Å². The van der Waals surface area contributed by atoms with Crippen molar-refractivity contribution in [1.29, 1.82) is 0 Å². The van der Waals surface area contributed by atoms with Gasteiger partial charge in [-0.2, -0.15) is 0 Å². The van der Waals surface area contributed by atoms with Gasteiger partial charge in [0.25, 0.3) is 0 Å². The third kappa shape index (κ3) is 5.53. The van der Waals surface area contributed by atoms with Crippen LogP contribution in [0.25, 0.3) is 0 Å². The van der Waals surface area contributed by atoms with Crippen LogP contribution < -0.4 is 4.74 Å². The van der Waals surface area contributed by atoms with E-state index in [1.165, 1.54) is 16.0 Å². The van der Waals surface area contributed by atoms with Gasteiger partial charge in [-0.15, -0.1) is 11.3 Å².